The Kier molecular flexibility index (Phi) is 3.90. The van der Waals surface area contributed by atoms with E-state index in [9.17, 15) is 4.79 Å². The molecule has 0 aliphatic rings. The van der Waals surface area contributed by atoms with E-state index in [0.717, 1.165) is 5.56 Å². The summed E-state index contributed by atoms with van der Waals surface area (Å²) in [6.07, 6.45) is 5.91. The zero-order chi connectivity index (χ0) is 10.2. The molecule has 2 heteroatoms. The van der Waals surface area contributed by atoms with E-state index in [2.05, 4.69) is 0 Å². The largest absolute Gasteiger partial charge is 0.286 e. The molecule has 0 fully saturated rings. The predicted molar refractivity (Wildman–Crippen MR) is 54.9 cm³/mol. The number of allylic oxidation sites excluding steroid dienone is 3. The summed E-state index contributed by atoms with van der Waals surface area (Å²) in [5.74, 6) is 0. The van der Waals surface area contributed by atoms with E-state index in [1.807, 2.05) is 36.4 Å². The van der Waals surface area contributed by atoms with Gasteiger partial charge in [0.1, 0.15) is 0 Å². The number of carbonyl (C=O) groups excluding carboxylic acids is 1. The highest BCUT2D eigenvalue weighted by molar-refractivity contribution is 5.70. The summed E-state index contributed by atoms with van der Waals surface area (Å²) in [7, 11) is 0. The Bertz CT molecular complexity index is 396. The van der Waals surface area contributed by atoms with E-state index >= 15 is 0 Å². The van der Waals surface area contributed by atoms with Gasteiger partial charge in [-0.15, -0.1) is 0 Å². The van der Waals surface area contributed by atoms with E-state index in [1.54, 1.807) is 12.4 Å². The summed E-state index contributed by atoms with van der Waals surface area (Å²) in [5.41, 5.74) is 1.36. The lowest BCUT2D eigenvalue weighted by atomic mass is 10.1. The number of hydrogen-bond acceptors (Lipinski definition) is 2. The van der Waals surface area contributed by atoms with E-state index in [1.165, 1.54) is 12.2 Å². The first-order valence-corrected chi connectivity index (χ1v) is 4.08. The monoisotopic (exact) mass is 182 g/mol. The molecule has 0 amide bonds. The maximum Gasteiger partial charge on any atom is 0.225 e. The van der Waals surface area contributed by atoms with Crippen LogP contribution in [-0.4, -0.2) is 6.29 Å². The Morgan fingerprint density at radius 1 is 1.29 bits per heavy atom. The third kappa shape index (κ3) is 3.08. The van der Waals surface area contributed by atoms with Gasteiger partial charge in [-0.25, -0.2) is 0 Å². The fraction of sp³-hybridized carbons (Fsp3) is 0. The van der Waals surface area contributed by atoms with Crippen LogP contribution >= 0.6 is 0 Å². The second-order valence-corrected chi connectivity index (χ2v) is 2.57. The number of benzene rings is 1. The molecule has 14 heavy (non-hydrogen) atoms. The molecule has 0 unspecified atom stereocenters. The van der Waals surface area contributed by atoms with Crippen LogP contribution in [0.25, 0.3) is 6.08 Å². The fourth-order valence-corrected chi connectivity index (χ4v) is 0.970. The second-order valence-electron chi connectivity index (χ2n) is 2.57. The molecule has 0 bridgehead atoms. The first kappa shape index (κ1) is 9.94. The molecule has 0 aromatic heterocycles. The van der Waals surface area contributed by atoms with Crippen LogP contribution in [0, 0.1) is 11.3 Å². The van der Waals surface area contributed by atoms with Gasteiger partial charge in [0, 0.05) is 0 Å². The van der Waals surface area contributed by atoms with Crippen LogP contribution < -0.4 is 0 Å². The number of rotatable bonds is 3. The van der Waals surface area contributed by atoms with Gasteiger partial charge in [-0.1, -0.05) is 30.3 Å². The third-order valence-corrected chi connectivity index (χ3v) is 1.58. The highest BCUT2D eigenvalue weighted by atomic mass is 16.1. The second kappa shape index (κ2) is 5.50. The lowest BCUT2D eigenvalue weighted by Crippen LogP contribution is -1.75. The average Bonchev–Trinajstić information content (AvgIpc) is 2.25. The first-order valence-electron chi connectivity index (χ1n) is 4.08. The van der Waals surface area contributed by atoms with Gasteiger partial charge in [-0.2, -0.15) is 5.26 Å². The molecule has 0 N–H and O–H groups in total. The average molecular weight is 182 g/mol. The predicted octanol–water partition coefficient (Wildman–Crippen LogP) is 2.26. The summed E-state index contributed by atoms with van der Waals surface area (Å²) < 4.78 is 0. The molecule has 0 aliphatic heterocycles. The van der Waals surface area contributed by atoms with Crippen LogP contribution in [0.1, 0.15) is 5.56 Å². The van der Waals surface area contributed by atoms with Gasteiger partial charge < -0.3 is 0 Å². The van der Waals surface area contributed by atoms with Gasteiger partial charge in [0.25, 0.3) is 0 Å². The summed E-state index contributed by atoms with van der Waals surface area (Å²) >= 11 is 0. The molecule has 0 heterocycles. The van der Waals surface area contributed by atoms with Gasteiger partial charge in [-0.05, 0) is 23.8 Å². The quantitative estimate of drug-likeness (QED) is 0.408. The summed E-state index contributed by atoms with van der Waals surface area (Å²) in [5, 5.41) is 8.71. The van der Waals surface area contributed by atoms with Crippen LogP contribution in [0.15, 0.2) is 48.1 Å². The summed E-state index contributed by atoms with van der Waals surface area (Å²) in [6.45, 7) is 0. The van der Waals surface area contributed by atoms with Gasteiger partial charge in [0.15, 0.2) is 0 Å². The van der Waals surface area contributed by atoms with Gasteiger partial charge in [-0.3, -0.25) is 4.79 Å². The minimum Gasteiger partial charge on any atom is -0.286 e. The fourth-order valence-electron chi connectivity index (χ4n) is 0.970. The lowest BCUT2D eigenvalue weighted by Gasteiger charge is -1.91. The Morgan fingerprint density at radius 3 is 2.57 bits per heavy atom. The van der Waals surface area contributed by atoms with Gasteiger partial charge in [0.05, 0.1) is 11.6 Å². The van der Waals surface area contributed by atoms with Crippen molar-refractivity contribution in [1.29, 1.82) is 5.26 Å². The van der Waals surface area contributed by atoms with Crippen molar-refractivity contribution in [2.45, 2.75) is 0 Å². The van der Waals surface area contributed by atoms with Crippen molar-refractivity contribution in [3.63, 3.8) is 0 Å². The van der Waals surface area contributed by atoms with Crippen molar-refractivity contribution in [2.24, 2.45) is 0 Å². The van der Waals surface area contributed by atoms with E-state index in [4.69, 9.17) is 5.26 Å². The Labute approximate surface area is 82.8 Å². The lowest BCUT2D eigenvalue weighted by molar-refractivity contribution is 0.564. The molecule has 2 nitrogen and oxygen atoms in total. The highest BCUT2D eigenvalue weighted by Crippen LogP contribution is 2.06. The van der Waals surface area contributed by atoms with Crippen LogP contribution in [0.5, 0.6) is 0 Å². The van der Waals surface area contributed by atoms with Crippen molar-refractivity contribution < 1.29 is 4.79 Å². The minimum absolute atomic E-state index is 0.430. The molecule has 0 saturated heterocycles. The normalized spacial score (nSPS) is 11.2. The molecule has 0 atom stereocenters. The van der Waals surface area contributed by atoms with Crippen molar-refractivity contribution in [2.75, 3.05) is 0 Å². The van der Waals surface area contributed by atoms with E-state index < -0.39 is 0 Å². The first-order chi connectivity index (χ1) is 6.86. The topological polar surface area (TPSA) is 40.9 Å². The molecule has 0 spiro atoms. The molecular weight excluding hydrogens is 174 g/mol. The molecule has 1 radical (unpaired) electrons. The maximum absolute atomic E-state index is 9.93. The van der Waals surface area contributed by atoms with Crippen LogP contribution in [0.4, 0.5) is 0 Å². The van der Waals surface area contributed by atoms with Gasteiger partial charge >= 0.3 is 0 Å². The smallest absolute Gasteiger partial charge is 0.225 e. The highest BCUT2D eigenvalue weighted by Gasteiger charge is 1.90. The molecular formula is C12H8NO. The van der Waals surface area contributed by atoms with E-state index in [-0.39, 0.29) is 0 Å². The maximum atomic E-state index is 9.93. The third-order valence-electron chi connectivity index (χ3n) is 1.58. The Morgan fingerprint density at radius 2 is 2.00 bits per heavy atom. The molecule has 1 aromatic rings. The Balaban J connectivity index is 2.91. The zero-order valence-corrected chi connectivity index (χ0v) is 7.47. The Hall–Kier alpha value is -2.14. The number of hydrogen-bond donors (Lipinski definition) is 0. The molecule has 0 aliphatic carbocycles. The van der Waals surface area contributed by atoms with Crippen molar-refractivity contribution >= 4 is 12.4 Å². The zero-order valence-electron chi connectivity index (χ0n) is 7.47. The molecule has 1 aromatic carbocycles. The van der Waals surface area contributed by atoms with Crippen LogP contribution in [-0.2, 0) is 4.79 Å². The van der Waals surface area contributed by atoms with E-state index in [0.29, 0.717) is 5.57 Å². The van der Waals surface area contributed by atoms with Crippen LogP contribution in [0.2, 0.25) is 0 Å². The summed E-state index contributed by atoms with van der Waals surface area (Å²) in [4.78, 5) is 9.93. The SMILES string of the molecule is N#CC(C=C[C]=O)=Cc1ccccc1. The van der Waals surface area contributed by atoms with Crippen molar-refractivity contribution in [1.82, 2.24) is 0 Å². The molecule has 1 rings (SSSR count). The summed E-state index contributed by atoms with van der Waals surface area (Å²) in [6, 6.07) is 11.4. The number of nitrogens with zero attached hydrogens (tertiary/aromatic N) is 1. The molecule has 0 saturated carbocycles. The minimum atomic E-state index is 0.430. The molecule has 67 valence electrons. The standard InChI is InChI=1S/C12H8NO/c13-10-12(7-4-8-14)9-11-5-2-1-3-6-11/h1-7,9H. The van der Waals surface area contributed by atoms with Crippen molar-refractivity contribution in [3.05, 3.63) is 53.6 Å². The van der Waals surface area contributed by atoms with Crippen molar-refractivity contribution in [3.8, 4) is 6.07 Å². The van der Waals surface area contributed by atoms with Crippen LogP contribution in [0.3, 0.4) is 0 Å². The van der Waals surface area contributed by atoms with Gasteiger partial charge in [0.2, 0.25) is 6.29 Å². The number of nitriles is 1.